The number of hydrogen-bond acceptors (Lipinski definition) is 3. The molecular weight excluding hydrogens is 316 g/mol. The first kappa shape index (κ1) is 17.0. The summed E-state index contributed by atoms with van der Waals surface area (Å²) < 4.78 is 0. The molecule has 25 heavy (non-hydrogen) atoms. The molecule has 1 aliphatic heterocycles. The predicted molar refractivity (Wildman–Crippen MR) is 97.2 cm³/mol. The molecule has 5 nitrogen and oxygen atoms in total. The standard InChI is InChI=1S/C20H20N2O3/c1-3-14-6-4-5-7-16-12-22(20(24)18(14)16)17-10-8-15(9-11-17)13(2)19(23)21-25/h4,6-11,13H,3,5,12H2,1-2H3. The number of carbonyl (C=O) groups excluding carboxylic acids is 2. The maximum absolute atomic E-state index is 12.9. The lowest BCUT2D eigenvalue weighted by atomic mass is 10.0. The van der Waals surface area contributed by atoms with Gasteiger partial charge in [-0.1, -0.05) is 37.3 Å². The van der Waals surface area contributed by atoms with Crippen molar-refractivity contribution in [1.82, 2.24) is 0 Å². The van der Waals surface area contributed by atoms with Crippen LogP contribution in [-0.2, 0) is 9.59 Å². The van der Waals surface area contributed by atoms with Crippen molar-refractivity contribution in [3.05, 3.63) is 69.7 Å². The lowest BCUT2D eigenvalue weighted by molar-refractivity contribution is -0.119. The number of carbonyl (C=O) groups is 2. The summed E-state index contributed by atoms with van der Waals surface area (Å²) >= 11 is 0. The fourth-order valence-corrected chi connectivity index (χ4v) is 3.28. The molecule has 3 rings (SSSR count). The Morgan fingerprint density at radius 1 is 1.28 bits per heavy atom. The van der Waals surface area contributed by atoms with Crippen LogP contribution in [0.25, 0.3) is 0 Å². The summed E-state index contributed by atoms with van der Waals surface area (Å²) in [6.07, 6.45) is 7.89. The lowest BCUT2D eigenvalue weighted by Crippen LogP contribution is -2.24. The average Bonchev–Trinajstić information content (AvgIpc) is 2.84. The number of benzene rings is 1. The van der Waals surface area contributed by atoms with Crippen molar-refractivity contribution in [1.29, 1.82) is 0 Å². The number of nitrogens with zero attached hydrogens (tertiary/aromatic N) is 2. The molecule has 1 atom stereocenters. The lowest BCUT2D eigenvalue weighted by Gasteiger charge is -2.16. The first-order valence-corrected chi connectivity index (χ1v) is 8.45. The summed E-state index contributed by atoms with van der Waals surface area (Å²) in [5, 5.41) is 2.48. The smallest absolute Gasteiger partial charge is 0.293 e. The quantitative estimate of drug-likeness (QED) is 0.780. The Balaban J connectivity index is 1.90. The van der Waals surface area contributed by atoms with Crippen molar-refractivity contribution in [2.24, 2.45) is 5.18 Å². The molecular formula is C20H20N2O3. The minimum absolute atomic E-state index is 0.0149. The number of nitroso groups, excluding NO2 is 1. The number of anilines is 1. The number of allylic oxidation sites excluding steroid dienone is 4. The van der Waals surface area contributed by atoms with Gasteiger partial charge in [-0.15, -0.1) is 4.91 Å². The van der Waals surface area contributed by atoms with Crippen molar-refractivity contribution in [3.8, 4) is 0 Å². The summed E-state index contributed by atoms with van der Waals surface area (Å²) in [7, 11) is 0. The van der Waals surface area contributed by atoms with Crippen LogP contribution in [0.15, 0.2) is 64.4 Å². The van der Waals surface area contributed by atoms with Gasteiger partial charge in [0.15, 0.2) is 0 Å². The first-order valence-electron chi connectivity index (χ1n) is 8.45. The molecule has 1 aromatic rings. The third-order valence-electron chi connectivity index (χ3n) is 4.80. The van der Waals surface area contributed by atoms with Crippen LogP contribution in [-0.4, -0.2) is 18.4 Å². The molecule has 1 aromatic carbocycles. The molecule has 0 aromatic heterocycles. The minimum Gasteiger partial charge on any atom is -0.304 e. The predicted octanol–water partition coefficient (Wildman–Crippen LogP) is 4.02. The van der Waals surface area contributed by atoms with Gasteiger partial charge in [-0.25, -0.2) is 0 Å². The molecule has 0 N–H and O–H groups in total. The van der Waals surface area contributed by atoms with E-state index in [0.29, 0.717) is 12.1 Å². The van der Waals surface area contributed by atoms with Crippen LogP contribution in [0.3, 0.4) is 0 Å². The molecule has 5 heteroatoms. The van der Waals surface area contributed by atoms with Gasteiger partial charge < -0.3 is 4.90 Å². The molecule has 1 unspecified atom stereocenters. The van der Waals surface area contributed by atoms with Crippen molar-refractivity contribution in [2.45, 2.75) is 32.6 Å². The molecule has 2 aliphatic rings. The molecule has 0 saturated carbocycles. The highest BCUT2D eigenvalue weighted by Crippen LogP contribution is 2.34. The van der Waals surface area contributed by atoms with Crippen molar-refractivity contribution in [3.63, 3.8) is 0 Å². The molecule has 2 amide bonds. The molecule has 1 saturated heterocycles. The molecule has 1 heterocycles. The summed E-state index contributed by atoms with van der Waals surface area (Å²) in [5.74, 6) is -1.25. The maximum atomic E-state index is 12.9. The van der Waals surface area contributed by atoms with Gasteiger partial charge in [-0.05, 0) is 48.6 Å². The fourth-order valence-electron chi connectivity index (χ4n) is 3.28. The third-order valence-corrected chi connectivity index (χ3v) is 4.80. The van der Waals surface area contributed by atoms with Gasteiger partial charge in [-0.2, -0.15) is 0 Å². The normalized spacial score (nSPS) is 17.9. The zero-order valence-electron chi connectivity index (χ0n) is 14.4. The van der Waals surface area contributed by atoms with Crippen LogP contribution < -0.4 is 4.90 Å². The van der Waals surface area contributed by atoms with Crippen LogP contribution in [0.1, 0.15) is 38.2 Å². The largest absolute Gasteiger partial charge is 0.304 e. The van der Waals surface area contributed by atoms with Gasteiger partial charge >= 0.3 is 0 Å². The van der Waals surface area contributed by atoms with Crippen LogP contribution in [0, 0.1) is 4.91 Å². The highest BCUT2D eigenvalue weighted by molar-refractivity contribution is 6.13. The Morgan fingerprint density at radius 3 is 2.64 bits per heavy atom. The zero-order chi connectivity index (χ0) is 18.0. The van der Waals surface area contributed by atoms with Crippen LogP contribution in [0.5, 0.6) is 0 Å². The van der Waals surface area contributed by atoms with E-state index >= 15 is 0 Å². The van der Waals surface area contributed by atoms with E-state index in [0.717, 1.165) is 35.2 Å². The molecule has 1 aliphatic carbocycles. The fraction of sp³-hybridized carbons (Fsp3) is 0.300. The average molecular weight is 336 g/mol. The Hall–Kier alpha value is -2.82. The van der Waals surface area contributed by atoms with Crippen molar-refractivity contribution in [2.75, 3.05) is 11.4 Å². The van der Waals surface area contributed by atoms with E-state index in [9.17, 15) is 14.5 Å². The van der Waals surface area contributed by atoms with Crippen LogP contribution in [0.2, 0.25) is 0 Å². The second kappa shape index (κ2) is 6.97. The summed E-state index contributed by atoms with van der Waals surface area (Å²) in [5.41, 5.74) is 4.46. The molecule has 0 radical (unpaired) electrons. The van der Waals surface area contributed by atoms with Gasteiger partial charge in [0.2, 0.25) is 0 Å². The number of amides is 2. The van der Waals surface area contributed by atoms with E-state index < -0.39 is 11.8 Å². The third kappa shape index (κ3) is 3.09. The first-order chi connectivity index (χ1) is 12.1. The van der Waals surface area contributed by atoms with Crippen molar-refractivity contribution >= 4 is 17.5 Å². The van der Waals surface area contributed by atoms with Crippen LogP contribution in [0.4, 0.5) is 5.69 Å². The van der Waals surface area contributed by atoms with Gasteiger partial charge in [-0.3, -0.25) is 9.59 Å². The van der Waals surface area contributed by atoms with E-state index in [2.05, 4.69) is 24.3 Å². The van der Waals surface area contributed by atoms with Crippen molar-refractivity contribution < 1.29 is 9.59 Å². The Bertz CT molecular complexity index is 816. The Kier molecular flexibility index (Phi) is 4.74. The van der Waals surface area contributed by atoms with E-state index in [4.69, 9.17) is 0 Å². The molecule has 0 spiro atoms. The summed E-state index contributed by atoms with van der Waals surface area (Å²) in [4.78, 5) is 36.5. The van der Waals surface area contributed by atoms with Gasteiger partial charge in [0, 0.05) is 16.4 Å². The van der Waals surface area contributed by atoms with E-state index in [1.807, 2.05) is 18.2 Å². The van der Waals surface area contributed by atoms with E-state index in [1.54, 1.807) is 24.0 Å². The second-order valence-corrected chi connectivity index (χ2v) is 6.26. The highest BCUT2D eigenvalue weighted by atomic mass is 16.3. The minimum atomic E-state index is -0.693. The zero-order valence-corrected chi connectivity index (χ0v) is 14.4. The monoisotopic (exact) mass is 336 g/mol. The summed E-state index contributed by atoms with van der Waals surface area (Å²) in [6.45, 7) is 4.26. The number of rotatable bonds is 4. The van der Waals surface area contributed by atoms with Crippen LogP contribution >= 0.6 is 0 Å². The van der Waals surface area contributed by atoms with Gasteiger partial charge in [0.1, 0.15) is 0 Å². The Labute approximate surface area is 146 Å². The number of hydrogen-bond donors (Lipinski definition) is 0. The SMILES string of the molecule is CCC1=C2C(=O)N(c3ccc(C(C)C(=O)N=O)cc3)CC2=CCC=C1. The molecule has 0 bridgehead atoms. The maximum Gasteiger partial charge on any atom is 0.293 e. The topological polar surface area (TPSA) is 66.8 Å². The van der Waals surface area contributed by atoms with E-state index in [1.165, 1.54) is 0 Å². The summed E-state index contributed by atoms with van der Waals surface area (Å²) in [6, 6.07) is 7.17. The Morgan fingerprint density at radius 2 is 2.00 bits per heavy atom. The second-order valence-electron chi connectivity index (χ2n) is 6.26. The molecule has 1 fully saturated rings. The van der Waals surface area contributed by atoms with E-state index in [-0.39, 0.29) is 5.91 Å². The highest BCUT2D eigenvalue weighted by Gasteiger charge is 2.33. The van der Waals surface area contributed by atoms with Gasteiger partial charge in [0.05, 0.1) is 12.5 Å². The molecule has 128 valence electrons. The van der Waals surface area contributed by atoms with Gasteiger partial charge in [0.25, 0.3) is 11.8 Å². The number of fused-ring (bicyclic) bond motifs is 1.